The van der Waals surface area contributed by atoms with Crippen molar-refractivity contribution in [3.05, 3.63) is 51.8 Å². The van der Waals surface area contributed by atoms with E-state index in [1.165, 1.54) is 12.1 Å². The van der Waals surface area contributed by atoms with Crippen LogP contribution in [0.3, 0.4) is 0 Å². The standard InChI is InChI=1S/C14H19N5O2/c1-17(2)14-16-10-13(18(14)3)9-15-8-11-4-6-12(7-5-11)19(20)21/h4-7,10,15H,8-9H2,1-3H3. The van der Waals surface area contributed by atoms with E-state index in [0.717, 1.165) is 17.2 Å². The predicted molar refractivity (Wildman–Crippen MR) is 81.2 cm³/mol. The van der Waals surface area contributed by atoms with E-state index in [9.17, 15) is 10.1 Å². The van der Waals surface area contributed by atoms with E-state index < -0.39 is 4.92 Å². The van der Waals surface area contributed by atoms with E-state index in [-0.39, 0.29) is 5.69 Å². The number of nitro benzene ring substituents is 1. The molecule has 0 unspecified atom stereocenters. The molecule has 1 heterocycles. The van der Waals surface area contributed by atoms with Crippen LogP contribution in [-0.2, 0) is 20.1 Å². The molecule has 112 valence electrons. The highest BCUT2D eigenvalue weighted by molar-refractivity contribution is 5.33. The van der Waals surface area contributed by atoms with Crippen molar-refractivity contribution in [2.24, 2.45) is 7.05 Å². The minimum Gasteiger partial charge on any atom is -0.348 e. The zero-order valence-electron chi connectivity index (χ0n) is 12.4. The number of nitro groups is 1. The van der Waals surface area contributed by atoms with Crippen LogP contribution < -0.4 is 10.2 Å². The lowest BCUT2D eigenvalue weighted by Crippen LogP contribution is -2.18. The molecule has 7 nitrogen and oxygen atoms in total. The van der Waals surface area contributed by atoms with Gasteiger partial charge < -0.3 is 14.8 Å². The third-order valence-corrected chi connectivity index (χ3v) is 3.24. The monoisotopic (exact) mass is 289 g/mol. The number of rotatable bonds is 6. The fraction of sp³-hybridized carbons (Fsp3) is 0.357. The summed E-state index contributed by atoms with van der Waals surface area (Å²) in [5.74, 6) is 0.905. The maximum Gasteiger partial charge on any atom is 0.269 e. The minimum absolute atomic E-state index is 0.112. The number of anilines is 1. The Kier molecular flexibility index (Phi) is 4.54. The number of benzene rings is 1. The lowest BCUT2D eigenvalue weighted by atomic mass is 10.2. The van der Waals surface area contributed by atoms with Crippen molar-refractivity contribution in [1.82, 2.24) is 14.9 Å². The summed E-state index contributed by atoms with van der Waals surface area (Å²) in [7, 11) is 5.89. The first-order valence-electron chi connectivity index (χ1n) is 6.61. The van der Waals surface area contributed by atoms with Gasteiger partial charge >= 0.3 is 0 Å². The average molecular weight is 289 g/mol. The van der Waals surface area contributed by atoms with Crippen molar-refractivity contribution in [2.45, 2.75) is 13.1 Å². The fourth-order valence-corrected chi connectivity index (χ4v) is 2.08. The van der Waals surface area contributed by atoms with E-state index in [0.29, 0.717) is 13.1 Å². The molecule has 0 spiro atoms. The summed E-state index contributed by atoms with van der Waals surface area (Å²) >= 11 is 0. The van der Waals surface area contributed by atoms with E-state index >= 15 is 0 Å². The van der Waals surface area contributed by atoms with Crippen molar-refractivity contribution in [1.29, 1.82) is 0 Å². The zero-order valence-corrected chi connectivity index (χ0v) is 12.4. The molecule has 2 aromatic rings. The number of imidazole rings is 1. The second-order valence-corrected chi connectivity index (χ2v) is 5.03. The largest absolute Gasteiger partial charge is 0.348 e. The summed E-state index contributed by atoms with van der Waals surface area (Å²) in [4.78, 5) is 16.5. The molecule has 0 saturated heterocycles. The van der Waals surface area contributed by atoms with Crippen LogP contribution in [0.25, 0.3) is 0 Å². The Morgan fingerprint density at radius 1 is 1.29 bits per heavy atom. The normalized spacial score (nSPS) is 10.6. The molecular formula is C14H19N5O2. The molecular weight excluding hydrogens is 270 g/mol. The lowest BCUT2D eigenvalue weighted by Gasteiger charge is -2.12. The molecule has 0 amide bonds. The summed E-state index contributed by atoms with van der Waals surface area (Å²) in [6.45, 7) is 1.34. The Morgan fingerprint density at radius 2 is 1.95 bits per heavy atom. The first-order valence-corrected chi connectivity index (χ1v) is 6.61. The molecule has 1 aromatic carbocycles. The quantitative estimate of drug-likeness (QED) is 0.647. The number of nitrogens with one attached hydrogen (secondary N) is 1. The van der Waals surface area contributed by atoms with Gasteiger partial charge in [0.15, 0.2) is 0 Å². The Bertz CT molecular complexity index is 619. The number of hydrogen-bond acceptors (Lipinski definition) is 5. The Hall–Kier alpha value is -2.41. The highest BCUT2D eigenvalue weighted by atomic mass is 16.6. The van der Waals surface area contributed by atoms with Crippen LogP contribution >= 0.6 is 0 Å². The summed E-state index contributed by atoms with van der Waals surface area (Å²) in [5.41, 5.74) is 2.21. The fourth-order valence-electron chi connectivity index (χ4n) is 2.08. The van der Waals surface area contributed by atoms with Gasteiger partial charge in [-0.25, -0.2) is 4.98 Å². The van der Waals surface area contributed by atoms with Gasteiger partial charge in [-0.2, -0.15) is 0 Å². The Balaban J connectivity index is 1.91. The van der Waals surface area contributed by atoms with E-state index in [1.807, 2.05) is 36.8 Å². The summed E-state index contributed by atoms with van der Waals surface area (Å²) in [6, 6.07) is 6.57. The van der Waals surface area contributed by atoms with Gasteiger partial charge in [0.1, 0.15) is 0 Å². The number of aromatic nitrogens is 2. The predicted octanol–water partition coefficient (Wildman–Crippen LogP) is 1.68. The van der Waals surface area contributed by atoms with Crippen LogP contribution in [-0.4, -0.2) is 28.6 Å². The van der Waals surface area contributed by atoms with Gasteiger partial charge in [0, 0.05) is 46.4 Å². The second-order valence-electron chi connectivity index (χ2n) is 5.03. The van der Waals surface area contributed by atoms with Gasteiger partial charge in [0.05, 0.1) is 16.8 Å². The molecule has 0 saturated carbocycles. The third-order valence-electron chi connectivity index (χ3n) is 3.24. The molecule has 0 bridgehead atoms. The molecule has 0 aliphatic rings. The highest BCUT2D eigenvalue weighted by Gasteiger charge is 2.08. The summed E-state index contributed by atoms with van der Waals surface area (Å²) in [6.07, 6.45) is 1.85. The smallest absolute Gasteiger partial charge is 0.269 e. The van der Waals surface area contributed by atoms with Crippen molar-refractivity contribution in [3.63, 3.8) is 0 Å². The van der Waals surface area contributed by atoms with Gasteiger partial charge in [-0.1, -0.05) is 12.1 Å². The van der Waals surface area contributed by atoms with E-state index in [2.05, 4.69) is 10.3 Å². The van der Waals surface area contributed by atoms with Gasteiger partial charge in [-0.15, -0.1) is 0 Å². The molecule has 1 aromatic heterocycles. The van der Waals surface area contributed by atoms with Gasteiger partial charge in [0.25, 0.3) is 5.69 Å². The average Bonchev–Trinajstić information content (AvgIpc) is 2.81. The molecule has 21 heavy (non-hydrogen) atoms. The molecule has 0 atom stereocenters. The number of non-ortho nitro benzene ring substituents is 1. The van der Waals surface area contributed by atoms with Crippen molar-refractivity contribution in [3.8, 4) is 0 Å². The van der Waals surface area contributed by atoms with Crippen LogP contribution in [0.5, 0.6) is 0 Å². The molecule has 0 fully saturated rings. The minimum atomic E-state index is -0.393. The number of nitrogens with zero attached hydrogens (tertiary/aromatic N) is 4. The van der Waals surface area contributed by atoms with Crippen LogP contribution in [0.2, 0.25) is 0 Å². The van der Waals surface area contributed by atoms with Gasteiger partial charge in [-0.3, -0.25) is 10.1 Å². The molecule has 1 N–H and O–H groups in total. The van der Waals surface area contributed by atoms with E-state index in [4.69, 9.17) is 0 Å². The topological polar surface area (TPSA) is 76.2 Å². The number of hydrogen-bond donors (Lipinski definition) is 1. The Labute approximate surface area is 123 Å². The van der Waals surface area contributed by atoms with E-state index in [1.54, 1.807) is 12.1 Å². The Morgan fingerprint density at radius 3 is 2.48 bits per heavy atom. The summed E-state index contributed by atoms with van der Waals surface area (Å²) < 4.78 is 2.03. The van der Waals surface area contributed by atoms with Crippen molar-refractivity contribution >= 4 is 11.6 Å². The van der Waals surface area contributed by atoms with Crippen LogP contribution in [0.1, 0.15) is 11.3 Å². The first-order chi connectivity index (χ1) is 9.99. The third kappa shape index (κ3) is 3.57. The molecule has 0 aliphatic heterocycles. The first kappa shape index (κ1) is 15.0. The van der Waals surface area contributed by atoms with Crippen LogP contribution in [0, 0.1) is 10.1 Å². The molecule has 0 radical (unpaired) electrons. The maximum absolute atomic E-state index is 10.6. The van der Waals surface area contributed by atoms with Gasteiger partial charge in [-0.05, 0) is 5.56 Å². The lowest BCUT2D eigenvalue weighted by molar-refractivity contribution is -0.384. The van der Waals surface area contributed by atoms with Crippen molar-refractivity contribution in [2.75, 3.05) is 19.0 Å². The van der Waals surface area contributed by atoms with Crippen LogP contribution in [0.4, 0.5) is 11.6 Å². The zero-order chi connectivity index (χ0) is 15.4. The molecule has 2 rings (SSSR count). The van der Waals surface area contributed by atoms with Crippen LogP contribution in [0.15, 0.2) is 30.5 Å². The maximum atomic E-state index is 10.6. The van der Waals surface area contributed by atoms with Crippen molar-refractivity contribution < 1.29 is 4.92 Å². The molecule has 0 aliphatic carbocycles. The second kappa shape index (κ2) is 6.36. The SMILES string of the molecule is CN(C)c1ncc(CNCc2ccc([N+](=O)[O-])cc2)n1C. The molecule has 7 heteroatoms. The summed E-state index contributed by atoms with van der Waals surface area (Å²) in [5, 5.41) is 13.9. The highest BCUT2D eigenvalue weighted by Crippen LogP contribution is 2.13. The van der Waals surface area contributed by atoms with Gasteiger partial charge in [0.2, 0.25) is 5.95 Å².